The molecule has 0 saturated heterocycles. The van der Waals surface area contributed by atoms with Gasteiger partial charge in [0.25, 0.3) is 5.91 Å². The van der Waals surface area contributed by atoms with E-state index in [4.69, 9.17) is 16.7 Å². The summed E-state index contributed by atoms with van der Waals surface area (Å²) >= 11 is 6.64. The number of carboxylic acids is 1. The van der Waals surface area contributed by atoms with Crippen LogP contribution in [0, 0.1) is 6.92 Å². The van der Waals surface area contributed by atoms with Gasteiger partial charge in [0.15, 0.2) is 0 Å². The molecule has 0 aliphatic carbocycles. The number of hydrogen-bond donors (Lipinski definition) is 2. The minimum Gasteiger partial charge on any atom is -0.477 e. The van der Waals surface area contributed by atoms with E-state index in [1.165, 1.54) is 6.07 Å². The van der Waals surface area contributed by atoms with Crippen molar-refractivity contribution in [1.29, 1.82) is 0 Å². The lowest BCUT2D eigenvalue weighted by atomic mass is 10.1. The predicted octanol–water partition coefficient (Wildman–Crippen LogP) is 3.34. The van der Waals surface area contributed by atoms with E-state index >= 15 is 0 Å². The molecule has 20 heavy (non-hydrogen) atoms. The molecule has 6 heteroatoms. The smallest absolute Gasteiger partial charge is 0.347 e. The Balaban J connectivity index is 2.05. The first-order valence-corrected chi connectivity index (χ1v) is 7.03. The second-order valence-corrected chi connectivity index (χ2v) is 5.72. The van der Waals surface area contributed by atoms with E-state index in [2.05, 4.69) is 5.32 Å². The molecular weight excluding hydrogens is 298 g/mol. The average molecular weight is 310 g/mol. The number of carbonyl (C=O) groups excluding carboxylic acids is 1. The number of amides is 1. The van der Waals surface area contributed by atoms with E-state index < -0.39 is 5.97 Å². The van der Waals surface area contributed by atoms with E-state index in [0.29, 0.717) is 11.4 Å². The van der Waals surface area contributed by atoms with Gasteiger partial charge in [-0.25, -0.2) is 4.79 Å². The molecule has 0 atom stereocenters. The minimum absolute atomic E-state index is 0.0210. The van der Waals surface area contributed by atoms with Crippen LogP contribution in [-0.2, 0) is 6.54 Å². The third kappa shape index (κ3) is 3.37. The zero-order valence-electron chi connectivity index (χ0n) is 10.6. The summed E-state index contributed by atoms with van der Waals surface area (Å²) < 4.78 is 0. The number of benzene rings is 1. The SMILES string of the molecule is Cc1cccc(CNC(=O)c2cc(Cl)c(C(=O)O)s2)c1. The molecular formula is C14H12ClNO3S. The number of halogens is 1. The lowest BCUT2D eigenvalue weighted by Crippen LogP contribution is -2.21. The molecule has 104 valence electrons. The maximum Gasteiger partial charge on any atom is 0.347 e. The van der Waals surface area contributed by atoms with E-state index in [0.717, 1.165) is 22.5 Å². The Hall–Kier alpha value is -1.85. The molecule has 1 heterocycles. The first-order valence-electron chi connectivity index (χ1n) is 5.83. The highest BCUT2D eigenvalue weighted by molar-refractivity contribution is 7.16. The summed E-state index contributed by atoms with van der Waals surface area (Å²) in [4.78, 5) is 23.1. The van der Waals surface area contributed by atoms with Gasteiger partial charge in [0.1, 0.15) is 4.88 Å². The molecule has 0 radical (unpaired) electrons. The molecule has 0 bridgehead atoms. The van der Waals surface area contributed by atoms with Gasteiger partial charge in [-0.3, -0.25) is 4.79 Å². The molecule has 0 fully saturated rings. The highest BCUT2D eigenvalue weighted by Gasteiger charge is 2.17. The number of hydrogen-bond acceptors (Lipinski definition) is 3. The number of aromatic carboxylic acids is 1. The molecule has 0 saturated carbocycles. The van der Waals surface area contributed by atoms with Crippen LogP contribution in [0.3, 0.4) is 0 Å². The minimum atomic E-state index is -1.13. The highest BCUT2D eigenvalue weighted by atomic mass is 35.5. The second-order valence-electron chi connectivity index (χ2n) is 4.26. The van der Waals surface area contributed by atoms with Crippen molar-refractivity contribution in [3.8, 4) is 0 Å². The Morgan fingerprint density at radius 2 is 2.10 bits per heavy atom. The number of thiophene rings is 1. The molecule has 0 spiro atoms. The Labute approximate surface area is 125 Å². The average Bonchev–Trinajstić information content (AvgIpc) is 2.78. The number of carboxylic acid groups (broad SMARTS) is 1. The Morgan fingerprint density at radius 1 is 1.35 bits per heavy atom. The van der Waals surface area contributed by atoms with E-state index in [-0.39, 0.29) is 15.8 Å². The predicted molar refractivity (Wildman–Crippen MR) is 78.6 cm³/mol. The maximum atomic E-state index is 11.9. The molecule has 1 amide bonds. The van der Waals surface area contributed by atoms with Crippen molar-refractivity contribution in [3.63, 3.8) is 0 Å². The molecule has 0 aliphatic heterocycles. The van der Waals surface area contributed by atoms with Crippen LogP contribution in [0.25, 0.3) is 0 Å². The Kier molecular flexibility index (Phi) is 4.42. The van der Waals surface area contributed by atoms with Gasteiger partial charge in [0.2, 0.25) is 0 Å². The van der Waals surface area contributed by atoms with Crippen molar-refractivity contribution in [1.82, 2.24) is 5.32 Å². The Bertz CT molecular complexity index is 666. The molecule has 1 aromatic carbocycles. The number of carbonyl (C=O) groups is 2. The highest BCUT2D eigenvalue weighted by Crippen LogP contribution is 2.26. The van der Waals surface area contributed by atoms with Gasteiger partial charge in [0.05, 0.1) is 9.90 Å². The summed E-state index contributed by atoms with van der Waals surface area (Å²) in [7, 11) is 0. The quantitative estimate of drug-likeness (QED) is 0.910. The van der Waals surface area contributed by atoms with Crippen LogP contribution in [0.15, 0.2) is 30.3 Å². The number of rotatable bonds is 4. The molecule has 1 aromatic heterocycles. The van der Waals surface area contributed by atoms with Crippen molar-refractivity contribution >= 4 is 34.8 Å². The standard InChI is InChI=1S/C14H12ClNO3S/c1-8-3-2-4-9(5-8)7-16-13(17)11-6-10(15)12(20-11)14(18)19/h2-6H,7H2,1H3,(H,16,17)(H,18,19). The van der Waals surface area contributed by atoms with E-state index in [9.17, 15) is 9.59 Å². The Morgan fingerprint density at radius 3 is 2.70 bits per heavy atom. The summed E-state index contributed by atoms with van der Waals surface area (Å²) in [5.41, 5.74) is 2.10. The fourth-order valence-electron chi connectivity index (χ4n) is 1.72. The lowest BCUT2D eigenvalue weighted by molar-refractivity contribution is 0.0702. The monoisotopic (exact) mass is 309 g/mol. The number of nitrogens with one attached hydrogen (secondary N) is 1. The van der Waals surface area contributed by atoms with E-state index in [1.54, 1.807) is 0 Å². The van der Waals surface area contributed by atoms with Crippen molar-refractivity contribution < 1.29 is 14.7 Å². The van der Waals surface area contributed by atoms with Gasteiger partial charge >= 0.3 is 5.97 Å². The topological polar surface area (TPSA) is 66.4 Å². The summed E-state index contributed by atoms with van der Waals surface area (Å²) in [6.07, 6.45) is 0. The van der Waals surface area contributed by atoms with Gasteiger partial charge in [-0.2, -0.15) is 0 Å². The van der Waals surface area contributed by atoms with Crippen molar-refractivity contribution in [2.75, 3.05) is 0 Å². The summed E-state index contributed by atoms with van der Waals surface area (Å²) in [5.74, 6) is -1.45. The van der Waals surface area contributed by atoms with Crippen LogP contribution in [0.1, 0.15) is 30.5 Å². The van der Waals surface area contributed by atoms with Gasteiger partial charge < -0.3 is 10.4 Å². The van der Waals surface area contributed by atoms with Crippen LogP contribution in [0.2, 0.25) is 5.02 Å². The van der Waals surface area contributed by atoms with Crippen LogP contribution < -0.4 is 5.32 Å². The van der Waals surface area contributed by atoms with Crippen LogP contribution in [0.5, 0.6) is 0 Å². The molecule has 2 N–H and O–H groups in total. The zero-order valence-corrected chi connectivity index (χ0v) is 12.2. The normalized spacial score (nSPS) is 10.3. The fraction of sp³-hybridized carbons (Fsp3) is 0.143. The van der Waals surface area contributed by atoms with Crippen molar-refractivity contribution in [2.24, 2.45) is 0 Å². The van der Waals surface area contributed by atoms with Gasteiger partial charge in [0, 0.05) is 6.54 Å². The fourth-order valence-corrected chi connectivity index (χ4v) is 2.89. The second kappa shape index (κ2) is 6.07. The largest absolute Gasteiger partial charge is 0.477 e. The van der Waals surface area contributed by atoms with E-state index in [1.807, 2.05) is 31.2 Å². The van der Waals surface area contributed by atoms with Gasteiger partial charge in [-0.1, -0.05) is 41.4 Å². The van der Waals surface area contributed by atoms with Crippen LogP contribution in [0.4, 0.5) is 0 Å². The third-order valence-corrected chi connectivity index (χ3v) is 4.17. The van der Waals surface area contributed by atoms with Gasteiger partial charge in [-0.15, -0.1) is 11.3 Å². The molecule has 2 aromatic rings. The zero-order chi connectivity index (χ0) is 14.7. The first-order chi connectivity index (χ1) is 9.47. The molecule has 0 unspecified atom stereocenters. The number of aryl methyl sites for hydroxylation is 1. The van der Waals surface area contributed by atoms with Crippen molar-refractivity contribution in [2.45, 2.75) is 13.5 Å². The summed E-state index contributed by atoms with van der Waals surface area (Å²) in [6.45, 7) is 2.36. The van der Waals surface area contributed by atoms with Crippen molar-refractivity contribution in [3.05, 3.63) is 56.2 Å². The van der Waals surface area contributed by atoms with Crippen LogP contribution >= 0.6 is 22.9 Å². The maximum absolute atomic E-state index is 11.9. The van der Waals surface area contributed by atoms with Crippen LogP contribution in [-0.4, -0.2) is 17.0 Å². The summed E-state index contributed by atoms with van der Waals surface area (Å²) in [6, 6.07) is 9.16. The lowest BCUT2D eigenvalue weighted by Gasteiger charge is -2.04. The molecule has 0 aliphatic rings. The summed E-state index contributed by atoms with van der Waals surface area (Å²) in [5, 5.41) is 11.7. The molecule has 2 rings (SSSR count). The first kappa shape index (κ1) is 14.6. The third-order valence-electron chi connectivity index (χ3n) is 2.64. The van der Waals surface area contributed by atoms with Gasteiger partial charge in [-0.05, 0) is 18.6 Å². The molecule has 4 nitrogen and oxygen atoms in total.